The Labute approximate surface area is 243 Å². The second-order valence-electron chi connectivity index (χ2n) is 9.38. The van der Waals surface area contributed by atoms with Gasteiger partial charge in [-0.15, -0.1) is 0 Å². The Morgan fingerprint density at radius 2 is 1.10 bits per heavy atom. The summed E-state index contributed by atoms with van der Waals surface area (Å²) in [5.74, 6) is -3.23. The van der Waals surface area contributed by atoms with E-state index in [4.69, 9.17) is 28.4 Å². The lowest BCUT2D eigenvalue weighted by Gasteiger charge is -2.43. The number of hydrogen-bond donors (Lipinski definition) is 0. The quantitative estimate of drug-likeness (QED) is 0.185. The summed E-state index contributed by atoms with van der Waals surface area (Å²) in [6, 6.07) is 24.4. The molecule has 10 heteroatoms. The molecule has 10 nitrogen and oxygen atoms in total. The monoisotopic (exact) mass is 576 g/mol. The molecule has 1 heterocycles. The standard InChI is InChI=1S/C32H32O10/c1-3-4-20-38-24-25(39-28(33)21-14-8-5-9-15-21)26(31(36)37-2)41-32(42-30(35)23-18-12-7-13-19-23)27(24)40-29(34)22-16-10-6-11-17-22/h5-19,24-27,32H,3-4,20H2,1-2H3/t24-,25-,26?,27?,32-/m0/s1. The first-order chi connectivity index (χ1) is 20.4. The molecule has 0 N–H and O–H groups in total. The topological polar surface area (TPSA) is 124 Å². The molecule has 0 saturated carbocycles. The van der Waals surface area contributed by atoms with Crippen LogP contribution in [0.3, 0.4) is 0 Å². The summed E-state index contributed by atoms with van der Waals surface area (Å²) in [6.45, 7) is 2.11. The van der Waals surface area contributed by atoms with Gasteiger partial charge in [-0.3, -0.25) is 0 Å². The van der Waals surface area contributed by atoms with E-state index in [1.807, 2.05) is 6.92 Å². The second kappa shape index (κ2) is 14.9. The van der Waals surface area contributed by atoms with Crippen LogP contribution in [0.5, 0.6) is 0 Å². The highest BCUT2D eigenvalue weighted by molar-refractivity contribution is 5.91. The highest BCUT2D eigenvalue weighted by Gasteiger charge is 2.55. The van der Waals surface area contributed by atoms with E-state index in [9.17, 15) is 19.2 Å². The van der Waals surface area contributed by atoms with Gasteiger partial charge in [-0.2, -0.15) is 0 Å². The second-order valence-corrected chi connectivity index (χ2v) is 9.38. The summed E-state index contributed by atoms with van der Waals surface area (Å²) in [4.78, 5) is 52.5. The zero-order chi connectivity index (χ0) is 29.9. The van der Waals surface area contributed by atoms with Crippen molar-refractivity contribution in [2.75, 3.05) is 13.7 Å². The van der Waals surface area contributed by atoms with E-state index < -0.39 is 54.6 Å². The SMILES string of the molecule is CCCCO[C@@H]1C(OC(=O)c2ccccc2)[C@H](OC(=O)c2ccccc2)OC(C(=O)OC)[C@H]1OC(=O)c1ccccc1. The average molecular weight is 577 g/mol. The van der Waals surface area contributed by atoms with Gasteiger partial charge < -0.3 is 28.4 Å². The summed E-state index contributed by atoms with van der Waals surface area (Å²) in [5.41, 5.74) is 0.625. The minimum atomic E-state index is -1.62. The molecule has 1 fully saturated rings. The van der Waals surface area contributed by atoms with Crippen molar-refractivity contribution in [2.45, 2.75) is 50.5 Å². The molecule has 2 unspecified atom stereocenters. The van der Waals surface area contributed by atoms with Crippen LogP contribution in [0.2, 0.25) is 0 Å². The van der Waals surface area contributed by atoms with Gasteiger partial charge in [-0.25, -0.2) is 19.2 Å². The van der Waals surface area contributed by atoms with Gasteiger partial charge >= 0.3 is 23.9 Å². The van der Waals surface area contributed by atoms with Crippen molar-refractivity contribution in [3.05, 3.63) is 108 Å². The third-order valence-electron chi connectivity index (χ3n) is 6.47. The van der Waals surface area contributed by atoms with Crippen molar-refractivity contribution < 1.29 is 47.6 Å². The molecule has 220 valence electrons. The van der Waals surface area contributed by atoms with Crippen LogP contribution in [0.4, 0.5) is 0 Å². The molecule has 0 spiro atoms. The molecular weight excluding hydrogens is 544 g/mol. The van der Waals surface area contributed by atoms with Gasteiger partial charge in [0.25, 0.3) is 0 Å². The van der Waals surface area contributed by atoms with E-state index in [1.54, 1.807) is 78.9 Å². The van der Waals surface area contributed by atoms with Gasteiger partial charge in [-0.1, -0.05) is 67.9 Å². The Bertz CT molecular complexity index is 1330. The van der Waals surface area contributed by atoms with Crippen molar-refractivity contribution >= 4 is 23.9 Å². The van der Waals surface area contributed by atoms with Crippen LogP contribution in [-0.4, -0.2) is 68.3 Å². The lowest BCUT2D eigenvalue weighted by molar-refractivity contribution is -0.285. The highest BCUT2D eigenvalue weighted by atomic mass is 16.7. The summed E-state index contributed by atoms with van der Waals surface area (Å²) >= 11 is 0. The van der Waals surface area contributed by atoms with Crippen LogP contribution < -0.4 is 0 Å². The third kappa shape index (κ3) is 7.59. The Balaban J connectivity index is 1.73. The summed E-state index contributed by atoms with van der Waals surface area (Å²) in [6.07, 6.45) is -5.96. The maximum atomic E-state index is 13.2. The molecule has 42 heavy (non-hydrogen) atoms. The Morgan fingerprint density at radius 3 is 1.55 bits per heavy atom. The molecule has 1 saturated heterocycles. The fourth-order valence-electron chi connectivity index (χ4n) is 4.30. The van der Waals surface area contributed by atoms with Crippen molar-refractivity contribution in [3.8, 4) is 0 Å². The first-order valence-corrected chi connectivity index (χ1v) is 13.6. The van der Waals surface area contributed by atoms with E-state index in [0.29, 0.717) is 6.42 Å². The molecule has 1 aliphatic heterocycles. The average Bonchev–Trinajstić information content (AvgIpc) is 3.03. The van der Waals surface area contributed by atoms with Gasteiger partial charge in [0.2, 0.25) is 6.29 Å². The predicted octanol–water partition coefficient (Wildman–Crippen LogP) is 4.38. The van der Waals surface area contributed by atoms with Crippen molar-refractivity contribution in [3.63, 3.8) is 0 Å². The molecule has 0 aromatic heterocycles. The smallest absolute Gasteiger partial charge is 0.340 e. The maximum absolute atomic E-state index is 13.2. The zero-order valence-electron chi connectivity index (χ0n) is 23.3. The van der Waals surface area contributed by atoms with Crippen LogP contribution in [0.1, 0.15) is 50.8 Å². The Morgan fingerprint density at radius 1 is 0.643 bits per heavy atom. The molecule has 3 aromatic rings. The van der Waals surface area contributed by atoms with Crippen molar-refractivity contribution in [1.82, 2.24) is 0 Å². The Hall–Kier alpha value is -4.54. The molecule has 0 aliphatic carbocycles. The number of rotatable bonds is 11. The summed E-state index contributed by atoms with van der Waals surface area (Å²) in [5, 5.41) is 0. The third-order valence-corrected chi connectivity index (χ3v) is 6.47. The van der Waals surface area contributed by atoms with Crippen molar-refractivity contribution in [1.29, 1.82) is 0 Å². The van der Waals surface area contributed by atoms with Gasteiger partial charge in [0, 0.05) is 6.61 Å². The lowest BCUT2D eigenvalue weighted by atomic mass is 9.97. The Kier molecular flexibility index (Phi) is 10.8. The first kappa shape index (κ1) is 30.4. The van der Waals surface area contributed by atoms with Crippen LogP contribution >= 0.6 is 0 Å². The van der Waals surface area contributed by atoms with Crippen LogP contribution in [0.15, 0.2) is 91.0 Å². The van der Waals surface area contributed by atoms with E-state index in [2.05, 4.69) is 0 Å². The molecule has 1 aliphatic rings. The first-order valence-electron chi connectivity index (χ1n) is 13.6. The van der Waals surface area contributed by atoms with Gasteiger partial charge in [0.05, 0.1) is 23.8 Å². The molecule has 3 aromatic carbocycles. The zero-order valence-corrected chi connectivity index (χ0v) is 23.3. The largest absolute Gasteiger partial charge is 0.467 e. The number of ether oxygens (including phenoxy) is 6. The number of carbonyl (C=O) groups is 4. The highest BCUT2D eigenvalue weighted by Crippen LogP contribution is 2.32. The minimum Gasteiger partial charge on any atom is -0.467 e. The number of unbranched alkanes of at least 4 members (excludes halogenated alkanes) is 1. The molecular formula is C32H32O10. The van der Waals surface area contributed by atoms with Crippen molar-refractivity contribution in [2.24, 2.45) is 0 Å². The fourth-order valence-corrected chi connectivity index (χ4v) is 4.30. The van der Waals surface area contributed by atoms with E-state index >= 15 is 0 Å². The number of esters is 4. The molecule has 0 bridgehead atoms. The van der Waals surface area contributed by atoms with E-state index in [0.717, 1.165) is 13.5 Å². The number of benzene rings is 3. The van der Waals surface area contributed by atoms with Gasteiger partial charge in [-0.05, 0) is 42.8 Å². The summed E-state index contributed by atoms with van der Waals surface area (Å²) in [7, 11) is 1.14. The molecule has 0 radical (unpaired) electrons. The predicted molar refractivity (Wildman–Crippen MR) is 148 cm³/mol. The summed E-state index contributed by atoms with van der Waals surface area (Å²) < 4.78 is 34.3. The van der Waals surface area contributed by atoms with Crippen LogP contribution in [0, 0.1) is 0 Å². The number of carbonyl (C=O) groups excluding carboxylic acids is 4. The molecule has 4 rings (SSSR count). The van der Waals surface area contributed by atoms with Gasteiger partial charge in [0.1, 0.15) is 6.10 Å². The van der Waals surface area contributed by atoms with E-state index in [1.165, 1.54) is 12.1 Å². The number of methoxy groups -OCH3 is 1. The minimum absolute atomic E-state index is 0.160. The lowest BCUT2D eigenvalue weighted by Crippen LogP contribution is -2.64. The number of hydrogen-bond acceptors (Lipinski definition) is 10. The maximum Gasteiger partial charge on any atom is 0.340 e. The van der Waals surface area contributed by atoms with Crippen LogP contribution in [0.25, 0.3) is 0 Å². The van der Waals surface area contributed by atoms with Gasteiger partial charge in [0.15, 0.2) is 18.3 Å². The van der Waals surface area contributed by atoms with E-state index in [-0.39, 0.29) is 23.3 Å². The normalized spacial score (nSPS) is 21.5. The fraction of sp³-hybridized carbons (Fsp3) is 0.312. The van der Waals surface area contributed by atoms with Crippen LogP contribution in [-0.2, 0) is 33.2 Å². The molecule has 0 amide bonds. The molecule has 5 atom stereocenters.